The van der Waals surface area contributed by atoms with Gasteiger partial charge in [0.15, 0.2) is 5.78 Å². The molecule has 0 aromatic heterocycles. The molecule has 0 spiro atoms. The average molecular weight is 194 g/mol. The molecule has 0 heterocycles. The highest BCUT2D eigenvalue weighted by molar-refractivity contribution is 5.99. The van der Waals surface area contributed by atoms with Crippen LogP contribution >= 0.6 is 0 Å². The van der Waals surface area contributed by atoms with E-state index in [1.807, 2.05) is 0 Å². The molecule has 3 N–H and O–H groups in total. The number of phenols is 1. The van der Waals surface area contributed by atoms with Crippen LogP contribution in [0.4, 0.5) is 0 Å². The molecule has 1 aromatic carbocycles. The van der Waals surface area contributed by atoms with Crippen LogP contribution in [-0.2, 0) is 0 Å². The first-order valence-corrected chi connectivity index (χ1v) is 4.32. The zero-order chi connectivity index (χ0) is 10.3. The van der Waals surface area contributed by atoms with E-state index in [2.05, 4.69) is 0 Å². The minimum Gasteiger partial charge on any atom is -0.508 e. The van der Waals surface area contributed by atoms with Crippen molar-refractivity contribution in [2.45, 2.75) is 18.6 Å². The highest BCUT2D eigenvalue weighted by Crippen LogP contribution is 2.35. The van der Waals surface area contributed by atoms with E-state index in [9.17, 15) is 20.1 Å². The van der Waals surface area contributed by atoms with Crippen LogP contribution in [0.3, 0.4) is 0 Å². The normalized spacial score (nSPS) is 26.0. The summed E-state index contributed by atoms with van der Waals surface area (Å²) in [5.74, 6) is -0.407. The number of carbonyl (C=O) groups excluding carboxylic acids is 1. The maximum Gasteiger partial charge on any atom is 0.166 e. The SMILES string of the molecule is O=C1C[C@H](O)[C@H](O)c2c(O)cccc21. The zero-order valence-electron chi connectivity index (χ0n) is 7.34. The Morgan fingerprint density at radius 2 is 2.00 bits per heavy atom. The Labute approximate surface area is 80.4 Å². The molecule has 0 fully saturated rings. The molecule has 1 aliphatic carbocycles. The van der Waals surface area contributed by atoms with E-state index in [1.165, 1.54) is 18.2 Å². The number of aliphatic hydroxyl groups is 2. The van der Waals surface area contributed by atoms with Gasteiger partial charge in [-0.15, -0.1) is 0 Å². The second kappa shape index (κ2) is 3.08. The Morgan fingerprint density at radius 1 is 1.29 bits per heavy atom. The molecule has 1 aromatic rings. The summed E-state index contributed by atoms with van der Waals surface area (Å²) >= 11 is 0. The fourth-order valence-electron chi connectivity index (χ4n) is 1.71. The molecule has 2 atom stereocenters. The predicted molar refractivity (Wildman–Crippen MR) is 48.0 cm³/mol. The standard InChI is InChI=1S/C10H10O4/c11-6-3-1-2-5-7(12)4-8(13)10(14)9(5)6/h1-3,8,10-11,13-14H,4H2/t8-,10-/m0/s1. The van der Waals surface area contributed by atoms with Crippen molar-refractivity contribution in [3.05, 3.63) is 29.3 Å². The van der Waals surface area contributed by atoms with E-state index in [0.717, 1.165) is 0 Å². The van der Waals surface area contributed by atoms with Crippen LogP contribution in [0.5, 0.6) is 5.75 Å². The first-order valence-electron chi connectivity index (χ1n) is 4.32. The van der Waals surface area contributed by atoms with Gasteiger partial charge < -0.3 is 15.3 Å². The van der Waals surface area contributed by atoms with Crippen molar-refractivity contribution < 1.29 is 20.1 Å². The van der Waals surface area contributed by atoms with E-state index in [4.69, 9.17) is 0 Å². The van der Waals surface area contributed by atoms with Gasteiger partial charge in [0.25, 0.3) is 0 Å². The molecule has 0 aliphatic heterocycles. The minimum atomic E-state index is -1.18. The molecule has 4 heteroatoms. The molecule has 0 bridgehead atoms. The van der Waals surface area contributed by atoms with E-state index in [-0.39, 0.29) is 23.5 Å². The number of benzene rings is 1. The molecule has 0 saturated heterocycles. The van der Waals surface area contributed by atoms with Crippen molar-refractivity contribution in [2.75, 3.05) is 0 Å². The van der Waals surface area contributed by atoms with E-state index in [1.54, 1.807) is 0 Å². The van der Waals surface area contributed by atoms with Crippen molar-refractivity contribution in [1.29, 1.82) is 0 Å². The minimum absolute atomic E-state index is 0.0996. The van der Waals surface area contributed by atoms with Crippen LogP contribution < -0.4 is 0 Å². The number of aliphatic hydroxyl groups excluding tert-OH is 2. The van der Waals surface area contributed by atoms with E-state index < -0.39 is 12.2 Å². The molecule has 4 nitrogen and oxygen atoms in total. The summed E-state index contributed by atoms with van der Waals surface area (Å²) in [5.41, 5.74) is 0.430. The maximum absolute atomic E-state index is 11.4. The smallest absolute Gasteiger partial charge is 0.166 e. The number of carbonyl (C=O) groups is 1. The van der Waals surface area contributed by atoms with Crippen LogP contribution in [0.25, 0.3) is 0 Å². The van der Waals surface area contributed by atoms with Gasteiger partial charge in [-0.3, -0.25) is 4.79 Å². The lowest BCUT2D eigenvalue weighted by molar-refractivity contribution is 0.00742. The molecule has 0 amide bonds. The van der Waals surface area contributed by atoms with Gasteiger partial charge in [-0.1, -0.05) is 12.1 Å². The molecule has 0 unspecified atom stereocenters. The first-order chi connectivity index (χ1) is 6.61. The number of rotatable bonds is 0. The second-order valence-electron chi connectivity index (χ2n) is 3.38. The van der Waals surface area contributed by atoms with Gasteiger partial charge in [-0.2, -0.15) is 0 Å². The van der Waals surface area contributed by atoms with Crippen molar-refractivity contribution >= 4 is 5.78 Å². The summed E-state index contributed by atoms with van der Waals surface area (Å²) < 4.78 is 0. The third kappa shape index (κ3) is 1.20. The second-order valence-corrected chi connectivity index (χ2v) is 3.38. The quantitative estimate of drug-likeness (QED) is 0.557. The van der Waals surface area contributed by atoms with Gasteiger partial charge in [-0.05, 0) is 6.07 Å². The van der Waals surface area contributed by atoms with Gasteiger partial charge >= 0.3 is 0 Å². The van der Waals surface area contributed by atoms with Gasteiger partial charge in [0.1, 0.15) is 11.9 Å². The fraction of sp³-hybridized carbons (Fsp3) is 0.300. The lowest BCUT2D eigenvalue weighted by Crippen LogP contribution is -2.29. The van der Waals surface area contributed by atoms with Crippen molar-refractivity contribution in [3.8, 4) is 5.75 Å². The maximum atomic E-state index is 11.4. The summed E-state index contributed by atoms with van der Waals surface area (Å²) in [7, 11) is 0. The molecule has 0 saturated carbocycles. The van der Waals surface area contributed by atoms with Crippen LogP contribution in [-0.4, -0.2) is 27.2 Å². The van der Waals surface area contributed by atoms with Gasteiger partial charge in [0.05, 0.1) is 6.10 Å². The number of hydrogen-bond donors (Lipinski definition) is 3. The molecular weight excluding hydrogens is 184 g/mol. The van der Waals surface area contributed by atoms with Gasteiger partial charge in [0.2, 0.25) is 0 Å². The molecular formula is C10H10O4. The predicted octanol–water partition coefficient (Wildman–Crippen LogP) is 0.373. The summed E-state index contributed by atoms with van der Waals surface area (Å²) in [6, 6.07) is 4.45. The number of Topliss-reactive ketones (excluding diaryl/α,β-unsaturated/α-hetero) is 1. The van der Waals surface area contributed by atoms with Gasteiger partial charge in [0, 0.05) is 17.5 Å². The fourth-order valence-corrected chi connectivity index (χ4v) is 1.71. The molecule has 2 rings (SSSR count). The monoisotopic (exact) mass is 194 g/mol. The van der Waals surface area contributed by atoms with Crippen molar-refractivity contribution in [2.24, 2.45) is 0 Å². The molecule has 14 heavy (non-hydrogen) atoms. The Bertz CT molecular complexity index is 386. The van der Waals surface area contributed by atoms with Crippen molar-refractivity contribution in [3.63, 3.8) is 0 Å². The number of fused-ring (bicyclic) bond motifs is 1. The topological polar surface area (TPSA) is 77.8 Å². The van der Waals surface area contributed by atoms with Crippen LogP contribution in [0.1, 0.15) is 28.4 Å². The summed E-state index contributed by atoms with van der Waals surface area (Å²) in [6.45, 7) is 0. The lowest BCUT2D eigenvalue weighted by Gasteiger charge is -2.25. The average Bonchev–Trinajstić information content (AvgIpc) is 2.14. The Hall–Kier alpha value is -1.39. The summed E-state index contributed by atoms with van der Waals surface area (Å²) in [6.07, 6.45) is -2.40. The highest BCUT2D eigenvalue weighted by atomic mass is 16.3. The van der Waals surface area contributed by atoms with Crippen LogP contribution in [0.2, 0.25) is 0 Å². The third-order valence-corrected chi connectivity index (χ3v) is 2.44. The number of ketones is 1. The van der Waals surface area contributed by atoms with E-state index in [0.29, 0.717) is 5.56 Å². The number of phenolic OH excluding ortho intramolecular Hbond substituents is 1. The molecule has 0 radical (unpaired) electrons. The highest BCUT2D eigenvalue weighted by Gasteiger charge is 2.33. The Kier molecular flexibility index (Phi) is 2.02. The van der Waals surface area contributed by atoms with Crippen LogP contribution in [0.15, 0.2) is 18.2 Å². The largest absolute Gasteiger partial charge is 0.508 e. The lowest BCUT2D eigenvalue weighted by atomic mass is 9.86. The molecule has 1 aliphatic rings. The van der Waals surface area contributed by atoms with E-state index >= 15 is 0 Å². The molecule has 74 valence electrons. The van der Waals surface area contributed by atoms with Crippen LogP contribution in [0, 0.1) is 0 Å². The Morgan fingerprint density at radius 3 is 2.71 bits per heavy atom. The first kappa shape index (κ1) is 9.18. The summed E-state index contributed by atoms with van der Waals surface area (Å²) in [5, 5.41) is 28.3. The zero-order valence-corrected chi connectivity index (χ0v) is 7.34. The third-order valence-electron chi connectivity index (χ3n) is 2.44. The number of aromatic hydroxyl groups is 1. The number of hydrogen-bond acceptors (Lipinski definition) is 4. The van der Waals surface area contributed by atoms with Crippen molar-refractivity contribution in [1.82, 2.24) is 0 Å². The Balaban J connectivity index is 2.62. The van der Waals surface area contributed by atoms with Gasteiger partial charge in [-0.25, -0.2) is 0 Å². The summed E-state index contributed by atoms with van der Waals surface area (Å²) in [4.78, 5) is 11.4.